The number of hydrogen-bond donors (Lipinski definition) is 4. The second-order valence-electron chi connectivity index (χ2n) is 6.47. The number of rotatable bonds is 3. The lowest BCUT2D eigenvalue weighted by atomic mass is 9.71. The molecule has 0 amide bonds. The number of aromatic carboxylic acids is 2. The van der Waals surface area contributed by atoms with Crippen molar-refractivity contribution in [2.45, 2.75) is 38.5 Å². The van der Waals surface area contributed by atoms with E-state index >= 15 is 0 Å². The fraction of sp³-hybridized carbons (Fsp3) is 0.556. The minimum absolute atomic E-state index is 0.125. The fourth-order valence-electron chi connectivity index (χ4n) is 3.78. The molecule has 3 aliphatic rings. The molecule has 0 saturated heterocycles. The predicted octanol–water partition coefficient (Wildman–Crippen LogP) is 1.96. The lowest BCUT2D eigenvalue weighted by Gasteiger charge is -2.34. The van der Waals surface area contributed by atoms with Gasteiger partial charge in [-0.2, -0.15) is 0 Å². The highest BCUT2D eigenvalue weighted by atomic mass is 16.4. The second-order valence-corrected chi connectivity index (χ2v) is 6.47. The molecule has 3 aliphatic carbocycles. The van der Waals surface area contributed by atoms with Crippen LogP contribution in [0.5, 0.6) is 0 Å². The van der Waals surface area contributed by atoms with Crippen molar-refractivity contribution in [2.24, 2.45) is 11.8 Å². The molecule has 0 unspecified atom stereocenters. The molecule has 1 fully saturated rings. The standard InChI is InChI=1S/C16H18O4.C2H6O2/c17-15(18)11-5-6-12(16(19)20)14-8-10-2-1-9(3-4-10)7-13(11)14;3-1-2-4/h5-6,9-10H,1-4,7-8H2,(H,17,18)(H,19,20);3-4H,1-2H2. The van der Waals surface area contributed by atoms with Crippen LogP contribution >= 0.6 is 0 Å². The maximum Gasteiger partial charge on any atom is 0.335 e. The molecule has 1 aromatic carbocycles. The van der Waals surface area contributed by atoms with Crippen LogP contribution in [0, 0.1) is 11.8 Å². The van der Waals surface area contributed by atoms with Gasteiger partial charge in [-0.1, -0.05) is 0 Å². The number of benzene rings is 1. The van der Waals surface area contributed by atoms with E-state index in [1.807, 2.05) is 0 Å². The average molecular weight is 336 g/mol. The van der Waals surface area contributed by atoms with Crippen LogP contribution in [0.15, 0.2) is 12.1 Å². The summed E-state index contributed by atoms with van der Waals surface area (Å²) in [5.41, 5.74) is 2.12. The molecule has 0 heterocycles. The SMILES string of the molecule is O=C(O)c1ccc(C(=O)O)c2c1CC1CCC(CC1)C2.OCCO. The van der Waals surface area contributed by atoms with E-state index in [-0.39, 0.29) is 24.3 Å². The normalized spacial score (nSPS) is 21.8. The van der Waals surface area contributed by atoms with Crippen molar-refractivity contribution in [3.05, 3.63) is 34.4 Å². The van der Waals surface area contributed by atoms with Crippen molar-refractivity contribution in [3.8, 4) is 0 Å². The Bertz CT molecular complexity index is 549. The van der Waals surface area contributed by atoms with Crippen LogP contribution in [0.3, 0.4) is 0 Å². The largest absolute Gasteiger partial charge is 0.478 e. The van der Waals surface area contributed by atoms with Crippen LogP contribution in [-0.4, -0.2) is 45.6 Å². The van der Waals surface area contributed by atoms with E-state index in [4.69, 9.17) is 10.2 Å². The van der Waals surface area contributed by atoms with Crippen LogP contribution in [0.1, 0.15) is 57.5 Å². The maximum absolute atomic E-state index is 11.4. The first-order valence-corrected chi connectivity index (χ1v) is 8.31. The first kappa shape index (κ1) is 18.4. The van der Waals surface area contributed by atoms with Crippen molar-refractivity contribution in [2.75, 3.05) is 13.2 Å². The monoisotopic (exact) mass is 336 g/mol. The third-order valence-corrected chi connectivity index (χ3v) is 4.94. The number of hydrogen-bond acceptors (Lipinski definition) is 4. The van der Waals surface area contributed by atoms with Crippen molar-refractivity contribution < 1.29 is 30.0 Å². The summed E-state index contributed by atoms with van der Waals surface area (Å²) in [6.45, 7) is -0.250. The van der Waals surface area contributed by atoms with Crippen LogP contribution in [0.25, 0.3) is 0 Å². The molecule has 6 nitrogen and oxygen atoms in total. The molecule has 2 bridgehead atoms. The molecule has 132 valence electrons. The average Bonchev–Trinajstić information content (AvgIpc) is 2.54. The molecule has 4 N–H and O–H groups in total. The fourth-order valence-corrected chi connectivity index (χ4v) is 3.78. The Morgan fingerprint density at radius 3 is 1.38 bits per heavy atom. The zero-order chi connectivity index (χ0) is 17.7. The predicted molar refractivity (Wildman–Crippen MR) is 87.4 cm³/mol. The highest BCUT2D eigenvalue weighted by Crippen LogP contribution is 2.39. The van der Waals surface area contributed by atoms with E-state index in [2.05, 4.69) is 0 Å². The highest BCUT2D eigenvalue weighted by molar-refractivity contribution is 5.95. The third-order valence-electron chi connectivity index (χ3n) is 4.94. The van der Waals surface area contributed by atoms with Gasteiger partial charge >= 0.3 is 11.9 Å². The van der Waals surface area contributed by atoms with Gasteiger partial charge in [0.1, 0.15) is 0 Å². The summed E-state index contributed by atoms with van der Waals surface area (Å²) in [6, 6.07) is 2.92. The Morgan fingerprint density at radius 1 is 0.792 bits per heavy atom. The minimum Gasteiger partial charge on any atom is -0.478 e. The molecule has 0 atom stereocenters. The number of carboxylic acid groups (broad SMARTS) is 2. The van der Waals surface area contributed by atoms with Gasteiger partial charge in [0.2, 0.25) is 0 Å². The van der Waals surface area contributed by atoms with Gasteiger partial charge in [-0.3, -0.25) is 0 Å². The van der Waals surface area contributed by atoms with Gasteiger partial charge in [-0.05, 0) is 73.6 Å². The summed E-state index contributed by atoms with van der Waals surface area (Å²) in [5.74, 6) is -0.885. The smallest absolute Gasteiger partial charge is 0.335 e. The molecule has 1 aromatic rings. The summed E-state index contributed by atoms with van der Waals surface area (Å²) in [4.78, 5) is 22.8. The zero-order valence-electron chi connectivity index (χ0n) is 13.6. The Morgan fingerprint density at radius 2 is 1.12 bits per heavy atom. The molecule has 6 heteroatoms. The van der Waals surface area contributed by atoms with Gasteiger partial charge in [0, 0.05) is 0 Å². The van der Waals surface area contributed by atoms with Gasteiger partial charge in [0.15, 0.2) is 0 Å². The number of fused-ring (bicyclic) bond motifs is 2. The van der Waals surface area contributed by atoms with Gasteiger partial charge in [0.05, 0.1) is 24.3 Å². The summed E-state index contributed by atoms with van der Waals surface area (Å²) < 4.78 is 0. The molecule has 4 rings (SSSR count). The number of aliphatic hydroxyl groups is 2. The van der Waals surface area contributed by atoms with Gasteiger partial charge in [0.25, 0.3) is 0 Å². The Balaban J connectivity index is 0.000000471. The number of carboxylic acids is 2. The summed E-state index contributed by atoms with van der Waals surface area (Å²) in [5, 5.41) is 34.0. The van der Waals surface area contributed by atoms with Crippen molar-refractivity contribution in [1.82, 2.24) is 0 Å². The lowest BCUT2D eigenvalue weighted by Crippen LogP contribution is -2.25. The third kappa shape index (κ3) is 4.13. The zero-order valence-corrected chi connectivity index (χ0v) is 13.6. The van der Waals surface area contributed by atoms with Gasteiger partial charge < -0.3 is 20.4 Å². The molecule has 0 aliphatic heterocycles. The molecule has 24 heavy (non-hydrogen) atoms. The molecule has 0 radical (unpaired) electrons. The van der Waals surface area contributed by atoms with E-state index in [0.29, 0.717) is 24.7 Å². The van der Waals surface area contributed by atoms with E-state index in [1.54, 1.807) is 0 Å². The Labute approximate surface area is 140 Å². The van der Waals surface area contributed by atoms with Crippen LogP contribution in [0.4, 0.5) is 0 Å². The maximum atomic E-state index is 11.4. The Hall–Kier alpha value is -1.92. The van der Waals surface area contributed by atoms with Crippen LogP contribution in [-0.2, 0) is 12.8 Å². The summed E-state index contributed by atoms with van der Waals surface area (Å²) >= 11 is 0. The first-order chi connectivity index (χ1) is 11.5. The quantitative estimate of drug-likeness (QED) is 0.671. The molecule has 0 aromatic heterocycles. The van der Waals surface area contributed by atoms with Gasteiger partial charge in [-0.25, -0.2) is 9.59 Å². The topological polar surface area (TPSA) is 115 Å². The minimum atomic E-state index is -0.949. The van der Waals surface area contributed by atoms with Crippen molar-refractivity contribution in [1.29, 1.82) is 0 Å². The Kier molecular flexibility index (Phi) is 6.34. The lowest BCUT2D eigenvalue weighted by molar-refractivity contribution is 0.0677. The molecular weight excluding hydrogens is 312 g/mol. The second kappa shape index (κ2) is 8.26. The van der Waals surface area contributed by atoms with E-state index in [0.717, 1.165) is 36.8 Å². The van der Waals surface area contributed by atoms with Gasteiger partial charge in [-0.15, -0.1) is 0 Å². The van der Waals surface area contributed by atoms with E-state index in [1.165, 1.54) is 12.1 Å². The number of aliphatic hydroxyl groups excluding tert-OH is 2. The van der Waals surface area contributed by atoms with Crippen LogP contribution < -0.4 is 0 Å². The van der Waals surface area contributed by atoms with E-state index < -0.39 is 11.9 Å². The summed E-state index contributed by atoms with van der Waals surface area (Å²) in [7, 11) is 0. The van der Waals surface area contributed by atoms with Crippen molar-refractivity contribution >= 4 is 11.9 Å². The molecule has 1 saturated carbocycles. The number of carbonyl (C=O) groups is 2. The molecular formula is C18H24O6. The first-order valence-electron chi connectivity index (χ1n) is 8.31. The van der Waals surface area contributed by atoms with Crippen molar-refractivity contribution in [3.63, 3.8) is 0 Å². The highest BCUT2D eigenvalue weighted by Gasteiger charge is 2.31. The van der Waals surface area contributed by atoms with Crippen LogP contribution in [0.2, 0.25) is 0 Å². The summed E-state index contributed by atoms with van der Waals surface area (Å²) in [6.07, 6.45) is 5.98. The molecule has 0 spiro atoms. The van der Waals surface area contributed by atoms with E-state index in [9.17, 15) is 19.8 Å².